The van der Waals surface area contributed by atoms with Crippen molar-refractivity contribution < 1.29 is 27.5 Å². The van der Waals surface area contributed by atoms with Crippen LogP contribution in [-0.2, 0) is 24.2 Å². The predicted molar refractivity (Wildman–Crippen MR) is 97.4 cm³/mol. The summed E-state index contributed by atoms with van der Waals surface area (Å²) < 4.78 is 33.2. The Morgan fingerprint density at radius 2 is 2.12 bits per heavy atom. The molecule has 0 saturated carbocycles. The molecule has 0 bridgehead atoms. The van der Waals surface area contributed by atoms with Crippen molar-refractivity contribution in [2.24, 2.45) is 0 Å². The fraction of sp³-hybridized carbons (Fsp3) is 0.444. The van der Waals surface area contributed by atoms with Crippen LogP contribution in [0.1, 0.15) is 18.9 Å². The minimum atomic E-state index is -3.08. The fourth-order valence-corrected chi connectivity index (χ4v) is 4.56. The van der Waals surface area contributed by atoms with Crippen molar-refractivity contribution in [3.63, 3.8) is 0 Å². The number of ether oxygens (including phenoxy) is 2. The molecule has 0 aliphatic carbocycles. The smallest absolute Gasteiger partial charge is 0.331 e. The molecule has 1 fully saturated rings. The van der Waals surface area contributed by atoms with E-state index >= 15 is 0 Å². The van der Waals surface area contributed by atoms with Crippen molar-refractivity contribution in [2.75, 3.05) is 31.8 Å². The van der Waals surface area contributed by atoms with E-state index in [0.717, 1.165) is 5.56 Å². The number of likely N-dealkylation sites (N-methyl/N-ethyl adjacent to an activating group) is 1. The van der Waals surface area contributed by atoms with Crippen molar-refractivity contribution in [3.8, 4) is 5.75 Å². The summed E-state index contributed by atoms with van der Waals surface area (Å²) in [5.41, 5.74) is 0.763. The molecule has 0 unspecified atom stereocenters. The normalized spacial score (nSPS) is 18.6. The lowest BCUT2D eigenvalue weighted by molar-refractivity contribution is -0.149. The number of nitrogens with zero attached hydrogens (tertiary/aromatic N) is 1. The summed E-state index contributed by atoms with van der Waals surface area (Å²) in [5.74, 6) is -0.310. The first-order valence-corrected chi connectivity index (χ1v) is 10.2. The first-order chi connectivity index (χ1) is 12.3. The minimum absolute atomic E-state index is 0.0315. The van der Waals surface area contributed by atoms with Crippen LogP contribution in [0.2, 0.25) is 0 Å². The summed E-state index contributed by atoms with van der Waals surface area (Å²) in [6, 6.07) is 6.80. The Balaban J connectivity index is 1.87. The molecule has 2 rings (SSSR count). The molecular weight excluding hydrogens is 358 g/mol. The lowest BCUT2D eigenvalue weighted by atomic mass is 10.2. The van der Waals surface area contributed by atoms with Gasteiger partial charge in [0.1, 0.15) is 5.75 Å². The van der Waals surface area contributed by atoms with Crippen molar-refractivity contribution >= 4 is 27.8 Å². The molecule has 1 aromatic rings. The Morgan fingerprint density at radius 3 is 2.73 bits per heavy atom. The van der Waals surface area contributed by atoms with Gasteiger partial charge in [-0.3, -0.25) is 4.79 Å². The Labute approximate surface area is 153 Å². The molecule has 0 radical (unpaired) electrons. The fourth-order valence-electron chi connectivity index (χ4n) is 2.83. The molecule has 26 heavy (non-hydrogen) atoms. The van der Waals surface area contributed by atoms with Gasteiger partial charge in [0.2, 0.25) is 0 Å². The van der Waals surface area contributed by atoms with Crippen LogP contribution in [0.4, 0.5) is 0 Å². The van der Waals surface area contributed by atoms with Crippen LogP contribution in [0.25, 0.3) is 6.08 Å². The lowest BCUT2D eigenvalue weighted by Gasteiger charge is -2.26. The highest BCUT2D eigenvalue weighted by molar-refractivity contribution is 7.91. The van der Waals surface area contributed by atoms with Gasteiger partial charge in [-0.1, -0.05) is 12.1 Å². The topological polar surface area (TPSA) is 90.0 Å². The zero-order valence-electron chi connectivity index (χ0n) is 14.9. The number of carbonyl (C=O) groups is 2. The number of hydrogen-bond acceptors (Lipinski definition) is 6. The molecule has 0 spiro atoms. The Morgan fingerprint density at radius 1 is 1.35 bits per heavy atom. The Kier molecular flexibility index (Phi) is 6.79. The van der Waals surface area contributed by atoms with Crippen molar-refractivity contribution in [3.05, 3.63) is 35.9 Å². The second-order valence-corrected chi connectivity index (χ2v) is 8.18. The molecule has 1 aliphatic heterocycles. The van der Waals surface area contributed by atoms with Crippen LogP contribution in [0, 0.1) is 0 Å². The average Bonchev–Trinajstić information content (AvgIpc) is 2.98. The summed E-state index contributed by atoms with van der Waals surface area (Å²) >= 11 is 0. The number of methoxy groups -OCH3 is 1. The van der Waals surface area contributed by atoms with E-state index in [2.05, 4.69) is 0 Å². The molecule has 142 valence electrons. The monoisotopic (exact) mass is 381 g/mol. The maximum atomic E-state index is 12.2. The number of esters is 1. The van der Waals surface area contributed by atoms with Gasteiger partial charge < -0.3 is 14.4 Å². The van der Waals surface area contributed by atoms with E-state index in [9.17, 15) is 18.0 Å². The summed E-state index contributed by atoms with van der Waals surface area (Å²) in [5, 5.41) is 0. The summed E-state index contributed by atoms with van der Waals surface area (Å²) in [6.07, 6.45) is 3.22. The van der Waals surface area contributed by atoms with E-state index < -0.39 is 28.3 Å². The van der Waals surface area contributed by atoms with Gasteiger partial charge in [-0.2, -0.15) is 0 Å². The highest BCUT2D eigenvalue weighted by atomic mass is 32.2. The van der Waals surface area contributed by atoms with E-state index in [4.69, 9.17) is 9.47 Å². The number of amides is 1. The van der Waals surface area contributed by atoms with Crippen molar-refractivity contribution in [1.82, 2.24) is 4.90 Å². The Hall–Kier alpha value is -2.35. The van der Waals surface area contributed by atoms with E-state index in [1.807, 2.05) is 0 Å². The third-order valence-corrected chi connectivity index (χ3v) is 5.90. The number of hydrogen-bond donors (Lipinski definition) is 0. The van der Waals surface area contributed by atoms with Gasteiger partial charge in [0.15, 0.2) is 16.4 Å². The molecule has 1 aliphatic rings. The lowest BCUT2D eigenvalue weighted by Crippen LogP contribution is -2.43. The molecule has 8 heteroatoms. The predicted octanol–water partition coefficient (Wildman–Crippen LogP) is 1.29. The molecule has 1 aromatic carbocycles. The van der Waals surface area contributed by atoms with Crippen molar-refractivity contribution in [2.45, 2.75) is 19.4 Å². The minimum Gasteiger partial charge on any atom is -0.497 e. The van der Waals surface area contributed by atoms with Gasteiger partial charge in [0.05, 0.1) is 18.6 Å². The zero-order valence-corrected chi connectivity index (χ0v) is 15.7. The molecule has 1 atom stereocenters. The van der Waals surface area contributed by atoms with E-state index in [-0.39, 0.29) is 17.5 Å². The molecule has 0 aromatic heterocycles. The summed E-state index contributed by atoms with van der Waals surface area (Å²) in [4.78, 5) is 25.5. The zero-order chi connectivity index (χ0) is 19.2. The van der Waals surface area contributed by atoms with E-state index in [1.165, 1.54) is 11.0 Å². The highest BCUT2D eigenvalue weighted by Crippen LogP contribution is 2.18. The number of carbonyl (C=O) groups excluding carboxylic acids is 2. The third-order valence-electron chi connectivity index (χ3n) is 4.15. The van der Waals surface area contributed by atoms with Gasteiger partial charge in [-0.05, 0) is 37.1 Å². The second kappa shape index (κ2) is 8.84. The molecule has 1 saturated heterocycles. The second-order valence-electron chi connectivity index (χ2n) is 5.95. The van der Waals surface area contributed by atoms with Gasteiger partial charge in [-0.15, -0.1) is 0 Å². The van der Waals surface area contributed by atoms with Gasteiger partial charge in [-0.25, -0.2) is 13.2 Å². The van der Waals surface area contributed by atoms with Crippen LogP contribution in [-0.4, -0.2) is 63.0 Å². The Bertz CT molecular complexity index is 787. The molecule has 0 N–H and O–H groups in total. The first-order valence-electron chi connectivity index (χ1n) is 8.33. The van der Waals surface area contributed by atoms with Crippen LogP contribution < -0.4 is 4.74 Å². The van der Waals surface area contributed by atoms with Crippen LogP contribution in [0.15, 0.2) is 30.3 Å². The SMILES string of the molecule is CCN(C(=O)COC(=O)/C=C/c1cccc(OC)c1)[C@@H]1CCS(=O)(=O)C1. The van der Waals surface area contributed by atoms with Gasteiger partial charge in [0.25, 0.3) is 5.91 Å². The van der Waals surface area contributed by atoms with E-state index in [1.54, 1.807) is 44.4 Å². The van der Waals surface area contributed by atoms with Gasteiger partial charge >= 0.3 is 5.97 Å². The molecule has 1 amide bonds. The average molecular weight is 381 g/mol. The maximum Gasteiger partial charge on any atom is 0.331 e. The van der Waals surface area contributed by atoms with Crippen molar-refractivity contribution in [1.29, 1.82) is 0 Å². The first kappa shape index (κ1) is 20.0. The van der Waals surface area contributed by atoms with Crippen LogP contribution >= 0.6 is 0 Å². The third kappa shape index (κ3) is 5.59. The molecule has 1 heterocycles. The largest absolute Gasteiger partial charge is 0.497 e. The number of benzene rings is 1. The molecule has 7 nitrogen and oxygen atoms in total. The maximum absolute atomic E-state index is 12.2. The van der Waals surface area contributed by atoms with Crippen LogP contribution in [0.3, 0.4) is 0 Å². The highest BCUT2D eigenvalue weighted by Gasteiger charge is 2.34. The molecular formula is C18H23NO6S. The summed E-state index contributed by atoms with van der Waals surface area (Å²) in [6.45, 7) is 1.73. The van der Waals surface area contributed by atoms with E-state index in [0.29, 0.717) is 18.7 Å². The summed E-state index contributed by atoms with van der Waals surface area (Å²) in [7, 11) is -1.53. The van der Waals surface area contributed by atoms with Crippen LogP contribution in [0.5, 0.6) is 5.75 Å². The van der Waals surface area contributed by atoms with Gasteiger partial charge in [0, 0.05) is 18.7 Å². The number of rotatable bonds is 7. The quantitative estimate of drug-likeness (QED) is 0.522. The standard InChI is InChI=1S/C18H23NO6S/c1-3-19(15-9-10-26(22,23)13-15)17(20)12-25-18(21)8-7-14-5-4-6-16(11-14)24-2/h4-8,11,15H,3,9-10,12-13H2,1-2H3/b8-7+/t15-/m1/s1. The number of sulfone groups is 1.